The van der Waals surface area contributed by atoms with Gasteiger partial charge in [0.05, 0.1) is 11.1 Å². The number of benzene rings is 2. The minimum Gasteiger partial charge on any atom is -0.417 e. The minimum atomic E-state index is -0.0926. The molecule has 0 amide bonds. The first-order valence-corrected chi connectivity index (χ1v) is 4.93. The van der Waals surface area contributed by atoms with Crippen LogP contribution in [-0.4, -0.2) is 15.8 Å². The summed E-state index contributed by atoms with van der Waals surface area (Å²) in [6, 6.07) is 18.1. The van der Waals surface area contributed by atoms with Gasteiger partial charge in [-0.2, -0.15) is 0 Å². The highest BCUT2D eigenvalue weighted by molar-refractivity contribution is 6.09. The van der Waals surface area contributed by atoms with Crippen LogP contribution in [0.25, 0.3) is 0 Å². The SMILES string of the molecule is [O-][N+](O)=C(c1ccccc1)c1ccccc1. The van der Waals surface area contributed by atoms with Gasteiger partial charge in [0.2, 0.25) is 0 Å². The number of nitrogens with zero attached hydrogens (tertiary/aromatic N) is 1. The first kappa shape index (κ1) is 10.2. The molecule has 0 bridgehead atoms. The Balaban J connectivity index is 2.54. The van der Waals surface area contributed by atoms with Gasteiger partial charge < -0.3 is 5.21 Å². The van der Waals surface area contributed by atoms with Gasteiger partial charge in [-0.3, -0.25) is 5.21 Å². The van der Waals surface area contributed by atoms with Crippen LogP contribution in [0, 0.1) is 5.21 Å². The molecule has 1 N–H and O–H groups in total. The van der Waals surface area contributed by atoms with E-state index >= 15 is 0 Å². The predicted octanol–water partition coefficient (Wildman–Crippen LogP) is 2.42. The Hall–Kier alpha value is -2.29. The highest BCUT2D eigenvalue weighted by Crippen LogP contribution is 2.09. The maximum Gasteiger partial charge on any atom is 0.282 e. The molecule has 0 heterocycles. The zero-order valence-electron chi connectivity index (χ0n) is 8.58. The molecule has 0 saturated carbocycles. The summed E-state index contributed by atoms with van der Waals surface area (Å²) < 4.78 is 0. The molecule has 0 spiro atoms. The van der Waals surface area contributed by atoms with Crippen molar-refractivity contribution in [1.29, 1.82) is 0 Å². The molecule has 0 aliphatic rings. The zero-order valence-corrected chi connectivity index (χ0v) is 8.58. The molecular weight excluding hydrogens is 202 g/mol. The summed E-state index contributed by atoms with van der Waals surface area (Å²) in [7, 11) is 0. The van der Waals surface area contributed by atoms with Gasteiger partial charge in [-0.15, -0.1) is 0 Å². The van der Waals surface area contributed by atoms with Crippen LogP contribution in [0.15, 0.2) is 60.7 Å². The van der Waals surface area contributed by atoms with Gasteiger partial charge in [0.15, 0.2) is 0 Å². The number of hydrogen-bond donors (Lipinski definition) is 1. The first-order chi connectivity index (χ1) is 7.79. The third kappa shape index (κ3) is 2.03. The summed E-state index contributed by atoms with van der Waals surface area (Å²) in [6.07, 6.45) is 0. The van der Waals surface area contributed by atoms with Crippen LogP contribution in [-0.2, 0) is 0 Å². The lowest BCUT2D eigenvalue weighted by Gasteiger charge is -2.02. The molecule has 0 atom stereocenters. The summed E-state index contributed by atoms with van der Waals surface area (Å²) in [4.78, 5) is -0.0926. The van der Waals surface area contributed by atoms with Crippen LogP contribution < -0.4 is 0 Å². The molecule has 3 heteroatoms. The van der Waals surface area contributed by atoms with Crippen molar-refractivity contribution in [2.45, 2.75) is 0 Å². The standard InChI is InChI=1S/C13H11NO2/c15-14(16)13(11-7-3-1-4-8-11)12-9-5-2-6-10-12/h1-10H,(H,15,16). The molecule has 16 heavy (non-hydrogen) atoms. The highest BCUT2D eigenvalue weighted by Gasteiger charge is 2.16. The summed E-state index contributed by atoms with van der Waals surface area (Å²) in [5, 5.41) is 20.3. The number of rotatable bonds is 2. The fraction of sp³-hybridized carbons (Fsp3) is 0. The predicted molar refractivity (Wildman–Crippen MR) is 61.5 cm³/mol. The van der Waals surface area contributed by atoms with Crippen molar-refractivity contribution >= 4 is 5.71 Å². The molecule has 0 saturated heterocycles. The van der Waals surface area contributed by atoms with Crippen LogP contribution in [0.5, 0.6) is 0 Å². The van der Waals surface area contributed by atoms with Gasteiger partial charge in [0.1, 0.15) is 0 Å². The molecule has 3 nitrogen and oxygen atoms in total. The van der Waals surface area contributed by atoms with E-state index in [0.29, 0.717) is 11.1 Å². The fourth-order valence-electron chi connectivity index (χ4n) is 1.58. The lowest BCUT2D eigenvalue weighted by atomic mass is 10.0. The van der Waals surface area contributed by atoms with Gasteiger partial charge in [-0.25, -0.2) is 0 Å². The number of hydrogen-bond acceptors (Lipinski definition) is 2. The van der Waals surface area contributed by atoms with Crippen LogP contribution in [0.4, 0.5) is 0 Å². The Morgan fingerprint density at radius 1 is 0.812 bits per heavy atom. The van der Waals surface area contributed by atoms with Crippen LogP contribution >= 0.6 is 0 Å². The van der Waals surface area contributed by atoms with E-state index in [-0.39, 0.29) is 10.6 Å². The van der Waals surface area contributed by atoms with Gasteiger partial charge in [0.25, 0.3) is 5.71 Å². The Kier molecular flexibility index (Phi) is 2.87. The lowest BCUT2D eigenvalue weighted by Crippen LogP contribution is -2.15. The summed E-state index contributed by atoms with van der Waals surface area (Å²) in [5.74, 6) is 0. The molecule has 2 rings (SSSR count). The molecule has 2 aromatic carbocycles. The van der Waals surface area contributed by atoms with E-state index < -0.39 is 0 Å². The summed E-state index contributed by atoms with van der Waals surface area (Å²) in [6.45, 7) is 0. The van der Waals surface area contributed by atoms with Crippen molar-refractivity contribution in [3.8, 4) is 0 Å². The smallest absolute Gasteiger partial charge is 0.282 e. The van der Waals surface area contributed by atoms with E-state index in [2.05, 4.69) is 0 Å². The maximum atomic E-state index is 11.2. The topological polar surface area (TPSA) is 46.3 Å². The van der Waals surface area contributed by atoms with Gasteiger partial charge >= 0.3 is 0 Å². The van der Waals surface area contributed by atoms with Crippen LogP contribution in [0.1, 0.15) is 11.1 Å². The summed E-state index contributed by atoms with van der Waals surface area (Å²) in [5.41, 5.74) is 1.62. The van der Waals surface area contributed by atoms with Crippen molar-refractivity contribution < 1.29 is 10.1 Å². The van der Waals surface area contributed by atoms with Crippen molar-refractivity contribution in [2.24, 2.45) is 0 Å². The molecule has 0 fully saturated rings. The van der Waals surface area contributed by atoms with Crippen molar-refractivity contribution in [3.05, 3.63) is 77.0 Å². The third-order valence-electron chi connectivity index (χ3n) is 2.29. The van der Waals surface area contributed by atoms with Gasteiger partial charge in [-0.05, 0) is 24.3 Å². The average molecular weight is 213 g/mol. The first-order valence-electron chi connectivity index (χ1n) is 4.93. The Morgan fingerprint density at radius 2 is 1.19 bits per heavy atom. The Labute approximate surface area is 93.5 Å². The molecule has 0 unspecified atom stereocenters. The largest absolute Gasteiger partial charge is 0.417 e. The van der Waals surface area contributed by atoms with Crippen LogP contribution in [0.2, 0.25) is 0 Å². The van der Waals surface area contributed by atoms with E-state index in [9.17, 15) is 5.21 Å². The van der Waals surface area contributed by atoms with Crippen molar-refractivity contribution in [1.82, 2.24) is 0 Å². The molecule has 0 aromatic heterocycles. The highest BCUT2D eigenvalue weighted by atomic mass is 16.8. The van der Waals surface area contributed by atoms with Crippen molar-refractivity contribution in [3.63, 3.8) is 0 Å². The minimum absolute atomic E-state index is 0.0926. The Morgan fingerprint density at radius 3 is 1.50 bits per heavy atom. The maximum absolute atomic E-state index is 11.2. The average Bonchev–Trinajstić information content (AvgIpc) is 2.31. The molecule has 0 aliphatic heterocycles. The van der Waals surface area contributed by atoms with E-state index in [0.717, 1.165) is 0 Å². The summed E-state index contributed by atoms with van der Waals surface area (Å²) >= 11 is 0. The normalized spacial score (nSPS) is 9.75. The van der Waals surface area contributed by atoms with E-state index in [4.69, 9.17) is 5.21 Å². The molecule has 0 aliphatic carbocycles. The van der Waals surface area contributed by atoms with E-state index in [1.54, 1.807) is 24.3 Å². The lowest BCUT2D eigenvalue weighted by molar-refractivity contribution is -0.725. The molecular formula is C13H11NO2. The van der Waals surface area contributed by atoms with Crippen LogP contribution in [0.3, 0.4) is 0 Å². The second-order valence-corrected chi connectivity index (χ2v) is 3.35. The quantitative estimate of drug-likeness (QED) is 0.360. The van der Waals surface area contributed by atoms with Gasteiger partial charge in [0, 0.05) is 4.90 Å². The van der Waals surface area contributed by atoms with Gasteiger partial charge in [-0.1, -0.05) is 36.4 Å². The second kappa shape index (κ2) is 4.49. The van der Waals surface area contributed by atoms with Crippen molar-refractivity contribution in [2.75, 3.05) is 0 Å². The second-order valence-electron chi connectivity index (χ2n) is 3.35. The Bertz CT molecular complexity index is 446. The monoisotopic (exact) mass is 213 g/mol. The fourth-order valence-corrected chi connectivity index (χ4v) is 1.58. The third-order valence-corrected chi connectivity index (χ3v) is 2.29. The molecule has 2 aromatic rings. The molecule has 80 valence electrons. The van der Waals surface area contributed by atoms with E-state index in [1.807, 2.05) is 36.4 Å². The molecule has 0 radical (unpaired) electrons. The van der Waals surface area contributed by atoms with E-state index in [1.165, 1.54) is 0 Å². The zero-order chi connectivity index (χ0) is 11.4.